The highest BCUT2D eigenvalue weighted by molar-refractivity contribution is 6.05. The van der Waals surface area contributed by atoms with Gasteiger partial charge in [0.25, 0.3) is 5.72 Å². The van der Waals surface area contributed by atoms with Crippen molar-refractivity contribution < 1.29 is 18.3 Å². The van der Waals surface area contributed by atoms with Crippen LogP contribution in [0.2, 0.25) is 0 Å². The van der Waals surface area contributed by atoms with Crippen LogP contribution in [0.1, 0.15) is 17.5 Å². The largest absolute Gasteiger partial charge is 0.438 e. The number of aryl methyl sites for hydroxylation is 1. The third kappa shape index (κ3) is 1.38. The van der Waals surface area contributed by atoms with E-state index in [-0.39, 0.29) is 6.42 Å². The van der Waals surface area contributed by atoms with Crippen LogP contribution in [0.4, 0.5) is 13.2 Å². The summed E-state index contributed by atoms with van der Waals surface area (Å²) in [4.78, 5) is 0. The fourth-order valence-electron chi connectivity index (χ4n) is 2.64. The predicted molar refractivity (Wildman–Crippen MR) is 58.9 cm³/mol. The van der Waals surface area contributed by atoms with Crippen LogP contribution in [0, 0.1) is 5.92 Å². The Morgan fingerprint density at radius 1 is 1.33 bits per heavy atom. The Morgan fingerprint density at radius 3 is 2.78 bits per heavy atom. The summed E-state index contributed by atoms with van der Waals surface area (Å²) in [6, 6.07) is 7.22. The van der Waals surface area contributed by atoms with E-state index >= 15 is 0 Å². The predicted octanol–water partition coefficient (Wildman–Crippen LogP) is 1.81. The molecule has 3 nitrogen and oxygen atoms in total. The van der Waals surface area contributed by atoms with Crippen molar-refractivity contribution in [1.82, 2.24) is 5.43 Å². The maximum absolute atomic E-state index is 12.9. The number of nitrogens with one attached hydrogen (secondary N) is 1. The Balaban J connectivity index is 2.04. The second-order valence-corrected chi connectivity index (χ2v) is 4.62. The summed E-state index contributed by atoms with van der Waals surface area (Å²) in [5.41, 5.74) is 0.911. The fraction of sp³-hybridized carbons (Fsp3) is 0.417. The van der Waals surface area contributed by atoms with Crippen molar-refractivity contribution in [3.63, 3.8) is 0 Å². The molecule has 0 spiro atoms. The van der Waals surface area contributed by atoms with Gasteiger partial charge < -0.3 is 5.11 Å². The highest BCUT2D eigenvalue weighted by Crippen LogP contribution is 2.43. The first-order valence-corrected chi connectivity index (χ1v) is 5.65. The molecule has 1 aliphatic carbocycles. The molecule has 2 unspecified atom stereocenters. The molecule has 96 valence electrons. The maximum atomic E-state index is 12.9. The lowest BCUT2D eigenvalue weighted by Gasteiger charge is -2.34. The summed E-state index contributed by atoms with van der Waals surface area (Å²) in [5, 5.41) is 13.5. The van der Waals surface area contributed by atoms with E-state index in [9.17, 15) is 18.3 Å². The number of hydrazone groups is 1. The molecular weight excluding hydrogens is 245 g/mol. The van der Waals surface area contributed by atoms with Crippen molar-refractivity contribution in [1.29, 1.82) is 0 Å². The number of hydrogen-bond donors (Lipinski definition) is 2. The number of hydrogen-bond acceptors (Lipinski definition) is 3. The molecule has 0 saturated heterocycles. The molecule has 1 aromatic rings. The molecule has 3 rings (SSSR count). The molecule has 18 heavy (non-hydrogen) atoms. The zero-order chi connectivity index (χ0) is 13.0. The van der Waals surface area contributed by atoms with Crippen molar-refractivity contribution in [2.75, 3.05) is 0 Å². The number of rotatable bonds is 0. The molecule has 1 heterocycles. The zero-order valence-electron chi connectivity index (χ0n) is 9.33. The third-order valence-electron chi connectivity index (χ3n) is 3.61. The van der Waals surface area contributed by atoms with E-state index in [0.717, 1.165) is 5.56 Å². The molecule has 0 bridgehead atoms. The van der Waals surface area contributed by atoms with E-state index < -0.39 is 17.8 Å². The first-order chi connectivity index (χ1) is 8.43. The van der Waals surface area contributed by atoms with Gasteiger partial charge in [-0.3, -0.25) is 5.43 Å². The molecule has 0 fully saturated rings. The van der Waals surface area contributed by atoms with Crippen LogP contribution in [0.15, 0.2) is 29.4 Å². The lowest BCUT2D eigenvalue weighted by molar-refractivity contribution is -0.281. The van der Waals surface area contributed by atoms with Crippen molar-refractivity contribution >= 4 is 5.71 Å². The van der Waals surface area contributed by atoms with Crippen LogP contribution in [0.3, 0.4) is 0 Å². The molecule has 1 aliphatic heterocycles. The standard InChI is InChI=1S/C12H11F3N2O/c13-12(14,15)11(18)9-6-5-7-3-1-2-4-8(7)10(9)16-17-11/h1-4,9,17-18H,5-6H2. The minimum absolute atomic E-state index is 0.235. The average molecular weight is 256 g/mol. The number of aliphatic hydroxyl groups is 1. The number of halogens is 3. The van der Waals surface area contributed by atoms with Gasteiger partial charge in [0.1, 0.15) is 0 Å². The van der Waals surface area contributed by atoms with Crippen molar-refractivity contribution in [2.45, 2.75) is 24.7 Å². The number of benzene rings is 1. The lowest BCUT2D eigenvalue weighted by Crippen LogP contribution is -2.58. The molecule has 1 aromatic carbocycles. The first kappa shape index (κ1) is 11.5. The minimum Gasteiger partial charge on any atom is -0.362 e. The smallest absolute Gasteiger partial charge is 0.362 e. The summed E-state index contributed by atoms with van der Waals surface area (Å²) in [6.07, 6.45) is -3.99. The SMILES string of the molecule is OC1(C(F)(F)F)NN=C2c3ccccc3CCC21. The van der Waals surface area contributed by atoms with E-state index in [1.165, 1.54) is 0 Å². The van der Waals surface area contributed by atoms with E-state index in [4.69, 9.17) is 0 Å². The normalized spacial score (nSPS) is 30.2. The molecule has 0 saturated carbocycles. The Labute approximate surface area is 101 Å². The second-order valence-electron chi connectivity index (χ2n) is 4.62. The van der Waals surface area contributed by atoms with Crippen LogP contribution in [0.5, 0.6) is 0 Å². The lowest BCUT2D eigenvalue weighted by atomic mass is 9.77. The summed E-state index contributed by atoms with van der Waals surface area (Å²) in [6.45, 7) is 0. The van der Waals surface area contributed by atoms with Gasteiger partial charge in [-0.2, -0.15) is 18.3 Å². The molecule has 2 aliphatic rings. The summed E-state index contributed by atoms with van der Waals surface area (Å²) in [7, 11) is 0. The number of nitrogens with zero attached hydrogens (tertiary/aromatic N) is 1. The first-order valence-electron chi connectivity index (χ1n) is 5.65. The van der Waals surface area contributed by atoms with Crippen LogP contribution in [-0.4, -0.2) is 22.7 Å². The molecule has 0 radical (unpaired) electrons. The summed E-state index contributed by atoms with van der Waals surface area (Å²) >= 11 is 0. The van der Waals surface area contributed by atoms with Gasteiger partial charge in [-0.15, -0.1) is 0 Å². The van der Waals surface area contributed by atoms with Crippen molar-refractivity contribution in [3.05, 3.63) is 35.4 Å². The third-order valence-corrected chi connectivity index (χ3v) is 3.61. The second kappa shape index (κ2) is 3.47. The number of fused-ring (bicyclic) bond motifs is 3. The van der Waals surface area contributed by atoms with Crippen LogP contribution >= 0.6 is 0 Å². The topological polar surface area (TPSA) is 44.6 Å². The maximum Gasteiger partial charge on any atom is 0.438 e. The Kier molecular flexibility index (Phi) is 2.22. The van der Waals surface area contributed by atoms with Gasteiger partial charge in [-0.25, -0.2) is 0 Å². The van der Waals surface area contributed by atoms with Gasteiger partial charge in [0.2, 0.25) is 0 Å². The average Bonchev–Trinajstić information content (AvgIpc) is 2.68. The van der Waals surface area contributed by atoms with E-state index in [1.807, 2.05) is 17.6 Å². The van der Waals surface area contributed by atoms with Gasteiger partial charge in [0, 0.05) is 5.56 Å². The summed E-state index contributed by atoms with van der Waals surface area (Å²) in [5.74, 6) is -1.03. The number of alkyl halides is 3. The quantitative estimate of drug-likeness (QED) is 0.743. The zero-order valence-corrected chi connectivity index (χ0v) is 9.33. The van der Waals surface area contributed by atoms with Crippen LogP contribution in [-0.2, 0) is 6.42 Å². The van der Waals surface area contributed by atoms with Gasteiger partial charge in [-0.05, 0) is 18.4 Å². The molecule has 0 amide bonds. The fourth-order valence-corrected chi connectivity index (χ4v) is 2.64. The van der Waals surface area contributed by atoms with E-state index in [2.05, 4.69) is 5.10 Å². The van der Waals surface area contributed by atoms with Gasteiger partial charge in [-0.1, -0.05) is 24.3 Å². The van der Waals surface area contributed by atoms with Crippen molar-refractivity contribution in [3.8, 4) is 0 Å². The van der Waals surface area contributed by atoms with E-state index in [1.54, 1.807) is 12.1 Å². The Bertz CT molecular complexity index is 526. The Hall–Kier alpha value is -1.56. The molecule has 2 atom stereocenters. The van der Waals surface area contributed by atoms with E-state index in [0.29, 0.717) is 17.7 Å². The molecule has 2 N–H and O–H groups in total. The van der Waals surface area contributed by atoms with Gasteiger partial charge in [0.05, 0.1) is 11.6 Å². The molecular formula is C12H11F3N2O. The minimum atomic E-state index is -4.74. The molecule has 0 aromatic heterocycles. The summed E-state index contributed by atoms with van der Waals surface area (Å²) < 4.78 is 38.7. The van der Waals surface area contributed by atoms with Crippen LogP contribution in [0.25, 0.3) is 0 Å². The molecule has 6 heteroatoms. The van der Waals surface area contributed by atoms with Gasteiger partial charge in [0.15, 0.2) is 0 Å². The Morgan fingerprint density at radius 2 is 2.06 bits per heavy atom. The highest BCUT2D eigenvalue weighted by atomic mass is 19.4. The monoisotopic (exact) mass is 256 g/mol. The highest BCUT2D eigenvalue weighted by Gasteiger charge is 2.63. The van der Waals surface area contributed by atoms with Gasteiger partial charge >= 0.3 is 6.18 Å². The van der Waals surface area contributed by atoms with Crippen molar-refractivity contribution in [2.24, 2.45) is 11.0 Å². The van der Waals surface area contributed by atoms with Crippen LogP contribution < -0.4 is 5.43 Å².